The zero-order chi connectivity index (χ0) is 21.3. The van der Waals surface area contributed by atoms with Crippen LogP contribution >= 0.6 is 0 Å². The van der Waals surface area contributed by atoms with Gasteiger partial charge >= 0.3 is 0 Å². The molecule has 0 saturated carbocycles. The van der Waals surface area contributed by atoms with E-state index in [1.807, 2.05) is 12.1 Å². The fourth-order valence-electron chi connectivity index (χ4n) is 3.24. The van der Waals surface area contributed by atoms with Gasteiger partial charge in [-0.2, -0.15) is 0 Å². The lowest BCUT2D eigenvalue weighted by Gasteiger charge is -2.07. The van der Waals surface area contributed by atoms with Crippen LogP contribution in [0.4, 0.5) is 0 Å². The van der Waals surface area contributed by atoms with Gasteiger partial charge in [0.1, 0.15) is 17.1 Å². The topological polar surface area (TPSA) is 130 Å². The van der Waals surface area contributed by atoms with Gasteiger partial charge in [-0.15, -0.1) is 0 Å². The molecule has 2 heterocycles. The second kappa shape index (κ2) is 7.88. The summed E-state index contributed by atoms with van der Waals surface area (Å²) in [4.78, 5) is 12.5. The molecule has 0 aliphatic carbocycles. The quantitative estimate of drug-likeness (QED) is 0.582. The van der Waals surface area contributed by atoms with E-state index in [4.69, 9.17) is 23.8 Å². The lowest BCUT2D eigenvalue weighted by Crippen LogP contribution is -2.32. The summed E-state index contributed by atoms with van der Waals surface area (Å²) in [6.07, 6.45) is -0.0153. The van der Waals surface area contributed by atoms with E-state index < -0.39 is 10.0 Å². The van der Waals surface area contributed by atoms with Crippen molar-refractivity contribution in [2.45, 2.75) is 6.42 Å². The molecule has 10 heteroatoms. The molecule has 0 saturated heterocycles. The number of nitrogens with one attached hydrogen (secondary N) is 1. The van der Waals surface area contributed by atoms with Crippen molar-refractivity contribution in [3.05, 3.63) is 42.0 Å². The Balaban J connectivity index is 1.70. The highest BCUT2D eigenvalue weighted by molar-refractivity contribution is 7.89. The normalized spacial score (nSPS) is 12.9. The van der Waals surface area contributed by atoms with E-state index >= 15 is 0 Å². The summed E-state index contributed by atoms with van der Waals surface area (Å²) in [5.41, 5.74) is 1.97. The number of furan rings is 1. The molecule has 0 atom stereocenters. The Morgan fingerprint density at radius 3 is 2.53 bits per heavy atom. The number of carbonyl (C=O) groups is 1. The second-order valence-electron chi connectivity index (χ2n) is 6.73. The van der Waals surface area contributed by atoms with Crippen LogP contribution in [0.3, 0.4) is 0 Å². The Hall–Kier alpha value is -3.24. The highest BCUT2D eigenvalue weighted by atomic mass is 32.2. The third-order valence-corrected chi connectivity index (χ3v) is 5.46. The lowest BCUT2D eigenvalue weighted by atomic mass is 10.0. The van der Waals surface area contributed by atoms with Gasteiger partial charge in [0.05, 0.1) is 19.3 Å². The first-order chi connectivity index (χ1) is 14.3. The van der Waals surface area contributed by atoms with Crippen LogP contribution in [0.2, 0.25) is 0 Å². The number of methoxy groups -OCH3 is 1. The Bertz CT molecular complexity index is 1200. The van der Waals surface area contributed by atoms with Crippen LogP contribution in [0.15, 0.2) is 40.8 Å². The molecule has 0 fully saturated rings. The summed E-state index contributed by atoms with van der Waals surface area (Å²) in [6, 6.07) is 10.8. The van der Waals surface area contributed by atoms with Gasteiger partial charge in [-0.05, 0) is 30.3 Å². The van der Waals surface area contributed by atoms with E-state index in [1.54, 1.807) is 31.4 Å². The monoisotopic (exact) mass is 432 g/mol. The van der Waals surface area contributed by atoms with Crippen molar-refractivity contribution < 1.29 is 31.8 Å². The predicted molar refractivity (Wildman–Crippen MR) is 109 cm³/mol. The average molecular weight is 432 g/mol. The van der Waals surface area contributed by atoms with Gasteiger partial charge in [0.15, 0.2) is 11.5 Å². The Labute approximate surface area is 172 Å². The van der Waals surface area contributed by atoms with Crippen molar-refractivity contribution in [1.29, 1.82) is 0 Å². The molecule has 0 radical (unpaired) electrons. The molecule has 30 heavy (non-hydrogen) atoms. The highest BCUT2D eigenvalue weighted by Gasteiger charge is 2.23. The van der Waals surface area contributed by atoms with Gasteiger partial charge in [-0.25, -0.2) is 13.6 Å². The Morgan fingerprint density at radius 2 is 1.87 bits per heavy atom. The maximum atomic E-state index is 12.5. The maximum Gasteiger partial charge on any atom is 0.231 e. The van der Waals surface area contributed by atoms with Gasteiger partial charge < -0.3 is 23.9 Å². The number of amides is 1. The molecule has 1 aliphatic rings. The molecule has 0 spiro atoms. The lowest BCUT2D eigenvalue weighted by molar-refractivity contribution is -0.120. The SMILES string of the molecule is COc1ccc(-c2oc3cc4c(cc3c2CC(=O)NCCS(N)(=O)=O)OCO4)cc1. The van der Waals surface area contributed by atoms with Crippen LogP contribution < -0.4 is 24.7 Å². The fourth-order valence-corrected chi connectivity index (χ4v) is 3.63. The third-order valence-electron chi connectivity index (χ3n) is 4.68. The van der Waals surface area contributed by atoms with Crippen molar-refractivity contribution in [3.63, 3.8) is 0 Å². The van der Waals surface area contributed by atoms with E-state index in [0.29, 0.717) is 39.5 Å². The van der Waals surface area contributed by atoms with Gasteiger partial charge in [-0.1, -0.05) is 0 Å². The van der Waals surface area contributed by atoms with Crippen molar-refractivity contribution in [3.8, 4) is 28.6 Å². The highest BCUT2D eigenvalue weighted by Crippen LogP contribution is 2.42. The van der Waals surface area contributed by atoms with Gasteiger partial charge in [0, 0.05) is 29.1 Å². The summed E-state index contributed by atoms with van der Waals surface area (Å²) in [6.45, 7) is 0.0499. The summed E-state index contributed by atoms with van der Waals surface area (Å²) >= 11 is 0. The summed E-state index contributed by atoms with van der Waals surface area (Å²) in [5, 5.41) is 8.27. The number of ether oxygens (including phenoxy) is 3. The zero-order valence-corrected chi connectivity index (χ0v) is 17.0. The number of hydrogen-bond acceptors (Lipinski definition) is 7. The number of benzene rings is 2. The number of rotatable bonds is 7. The van der Waals surface area contributed by atoms with Gasteiger partial charge in [-0.3, -0.25) is 4.79 Å². The standard InChI is InChI=1S/C20H20N2O7S/c1-26-13-4-2-12(3-5-13)20-15(9-19(23)22-6-7-30(21,24)25)14-8-17-18(28-11-27-17)10-16(14)29-20/h2-5,8,10H,6-7,9,11H2,1H3,(H,22,23)(H2,21,24,25). The van der Waals surface area contributed by atoms with E-state index in [-0.39, 0.29) is 31.4 Å². The molecule has 0 unspecified atom stereocenters. The van der Waals surface area contributed by atoms with E-state index in [9.17, 15) is 13.2 Å². The second-order valence-corrected chi connectivity index (χ2v) is 8.47. The third kappa shape index (κ3) is 4.19. The zero-order valence-electron chi connectivity index (χ0n) is 16.1. The van der Waals surface area contributed by atoms with Crippen molar-refractivity contribution in [2.75, 3.05) is 26.2 Å². The molecule has 1 aromatic heterocycles. The van der Waals surface area contributed by atoms with Crippen LogP contribution in [0, 0.1) is 0 Å². The van der Waals surface area contributed by atoms with Crippen molar-refractivity contribution in [2.24, 2.45) is 5.14 Å². The van der Waals surface area contributed by atoms with E-state index in [1.165, 1.54) is 0 Å². The first-order valence-corrected chi connectivity index (χ1v) is 10.8. The minimum atomic E-state index is -3.66. The molecule has 3 aromatic rings. The van der Waals surface area contributed by atoms with Gasteiger partial charge in [0.2, 0.25) is 22.7 Å². The molecular formula is C20H20N2O7S. The number of primary sulfonamides is 1. The molecule has 1 aliphatic heterocycles. The molecule has 1 amide bonds. The minimum Gasteiger partial charge on any atom is -0.497 e. The van der Waals surface area contributed by atoms with Crippen molar-refractivity contribution >= 4 is 26.9 Å². The molecule has 4 rings (SSSR count). The maximum absolute atomic E-state index is 12.5. The Morgan fingerprint density at radius 1 is 1.17 bits per heavy atom. The van der Waals surface area contributed by atoms with Crippen LogP contribution in [0.1, 0.15) is 5.56 Å². The number of hydrogen-bond donors (Lipinski definition) is 2. The van der Waals surface area contributed by atoms with Crippen LogP contribution in [-0.2, 0) is 21.2 Å². The summed E-state index contributed by atoms with van der Waals surface area (Å²) in [5.74, 6) is 1.67. The molecule has 3 N–H and O–H groups in total. The van der Waals surface area contributed by atoms with E-state index in [0.717, 1.165) is 5.56 Å². The minimum absolute atomic E-state index is 0.0153. The largest absolute Gasteiger partial charge is 0.497 e. The number of sulfonamides is 1. The van der Waals surface area contributed by atoms with Crippen LogP contribution in [0.25, 0.3) is 22.3 Å². The first kappa shape index (κ1) is 20.0. The van der Waals surface area contributed by atoms with E-state index in [2.05, 4.69) is 5.32 Å². The molecule has 158 valence electrons. The van der Waals surface area contributed by atoms with Crippen molar-refractivity contribution in [1.82, 2.24) is 5.32 Å². The van der Waals surface area contributed by atoms with Crippen LogP contribution in [0.5, 0.6) is 17.2 Å². The Kier molecular flexibility index (Phi) is 5.27. The predicted octanol–water partition coefficient (Wildman–Crippen LogP) is 1.78. The molecular weight excluding hydrogens is 412 g/mol. The summed E-state index contributed by atoms with van der Waals surface area (Å²) < 4.78 is 44.3. The molecule has 0 bridgehead atoms. The molecule has 2 aromatic carbocycles. The summed E-state index contributed by atoms with van der Waals surface area (Å²) in [7, 11) is -2.08. The first-order valence-electron chi connectivity index (χ1n) is 9.10. The van der Waals surface area contributed by atoms with Gasteiger partial charge in [0.25, 0.3) is 0 Å². The number of carbonyl (C=O) groups excluding carboxylic acids is 1. The number of nitrogens with two attached hydrogens (primary N) is 1. The van der Waals surface area contributed by atoms with Crippen LogP contribution in [-0.4, -0.2) is 40.5 Å². The molecule has 9 nitrogen and oxygen atoms in total. The number of fused-ring (bicyclic) bond motifs is 2. The smallest absolute Gasteiger partial charge is 0.231 e. The average Bonchev–Trinajstić information content (AvgIpc) is 3.29. The fraction of sp³-hybridized carbons (Fsp3) is 0.250.